The Morgan fingerprint density at radius 2 is 1.68 bits per heavy atom. The molecule has 1 heterocycles. The van der Waals surface area contributed by atoms with Crippen LogP contribution in [0.25, 0.3) is 0 Å². The van der Waals surface area contributed by atoms with Crippen LogP contribution >= 0.6 is 0 Å². The third-order valence-electron chi connectivity index (χ3n) is 5.74. The van der Waals surface area contributed by atoms with Gasteiger partial charge in [-0.05, 0) is 62.6 Å². The summed E-state index contributed by atoms with van der Waals surface area (Å²) in [6, 6.07) is 19.8. The molecule has 146 valence electrons. The number of nitrogens with zero attached hydrogens (tertiary/aromatic N) is 1. The van der Waals surface area contributed by atoms with Crippen molar-refractivity contribution in [2.75, 3.05) is 13.1 Å². The second-order valence-corrected chi connectivity index (χ2v) is 8.11. The van der Waals surface area contributed by atoms with Crippen LogP contribution in [-0.2, 0) is 0 Å². The molecule has 0 amide bonds. The Hall–Kier alpha value is -2.30. The average molecular weight is 372 g/mol. The van der Waals surface area contributed by atoms with E-state index in [-0.39, 0.29) is 0 Å². The van der Waals surface area contributed by atoms with Crippen molar-refractivity contribution in [1.82, 2.24) is 4.90 Å². The molecule has 2 aromatic carbocycles. The van der Waals surface area contributed by atoms with E-state index in [9.17, 15) is 0 Å². The molecule has 1 saturated heterocycles. The van der Waals surface area contributed by atoms with E-state index in [4.69, 9.17) is 0 Å². The van der Waals surface area contributed by atoms with Crippen molar-refractivity contribution in [3.8, 4) is 11.8 Å². The van der Waals surface area contributed by atoms with Crippen molar-refractivity contribution in [3.63, 3.8) is 0 Å². The minimum absolute atomic E-state index is 0.650. The van der Waals surface area contributed by atoms with Gasteiger partial charge in [0.1, 0.15) is 0 Å². The highest BCUT2D eigenvalue weighted by atomic mass is 15.2. The van der Waals surface area contributed by atoms with Gasteiger partial charge in [0.2, 0.25) is 0 Å². The second kappa shape index (κ2) is 10.3. The zero-order valence-electron chi connectivity index (χ0n) is 17.5. The summed E-state index contributed by atoms with van der Waals surface area (Å²) in [5.41, 5.74) is 4.91. The van der Waals surface area contributed by atoms with Crippen LogP contribution < -0.4 is 0 Å². The zero-order valence-corrected chi connectivity index (χ0v) is 17.5. The molecule has 3 rings (SSSR count). The van der Waals surface area contributed by atoms with Gasteiger partial charge in [0.15, 0.2) is 0 Å². The molecule has 1 aliphatic heterocycles. The third-order valence-corrected chi connectivity index (χ3v) is 5.74. The van der Waals surface area contributed by atoms with Gasteiger partial charge in [-0.1, -0.05) is 67.5 Å². The van der Waals surface area contributed by atoms with Crippen molar-refractivity contribution in [2.24, 2.45) is 0 Å². The van der Waals surface area contributed by atoms with E-state index in [0.29, 0.717) is 12.0 Å². The van der Waals surface area contributed by atoms with E-state index in [2.05, 4.69) is 73.6 Å². The fourth-order valence-corrected chi connectivity index (χ4v) is 4.03. The third kappa shape index (κ3) is 5.60. The second-order valence-electron chi connectivity index (χ2n) is 8.11. The summed E-state index contributed by atoms with van der Waals surface area (Å²) in [5, 5.41) is 0. The van der Waals surface area contributed by atoms with Crippen molar-refractivity contribution in [1.29, 1.82) is 0 Å². The lowest BCUT2D eigenvalue weighted by Crippen LogP contribution is -2.54. The fraction of sp³-hybridized carbons (Fsp3) is 0.407. The van der Waals surface area contributed by atoms with Gasteiger partial charge in [-0.2, -0.15) is 0 Å². The standard InChI is InChI=1S/C27H33N/c1-4-5-9-20-28-21-26(27(28)19-12-22(2)3)25-17-15-24(16-18-25)14-13-23-10-7-6-8-11-23/h6-8,10-11,15-18,26-27H,2,4-5,9,12,19-21H2,1,3H3/t26-,27+/m1/s1. The molecular formula is C27H33N. The minimum atomic E-state index is 0.650. The number of rotatable bonds is 8. The van der Waals surface area contributed by atoms with Gasteiger partial charge in [0, 0.05) is 29.6 Å². The topological polar surface area (TPSA) is 3.24 Å². The van der Waals surface area contributed by atoms with Gasteiger partial charge in [0.05, 0.1) is 0 Å². The largest absolute Gasteiger partial charge is 0.299 e. The SMILES string of the molecule is C=C(C)CC[C@H]1[C@@H](c2ccc(C#Cc3ccccc3)cc2)CN1CCCCC. The van der Waals surface area contributed by atoms with Crippen LogP contribution in [0, 0.1) is 11.8 Å². The average Bonchev–Trinajstić information content (AvgIpc) is 2.70. The summed E-state index contributed by atoms with van der Waals surface area (Å²) in [6.07, 6.45) is 6.30. The maximum atomic E-state index is 4.11. The first-order valence-corrected chi connectivity index (χ1v) is 10.7. The Balaban J connectivity index is 1.64. The molecule has 0 unspecified atom stereocenters. The predicted octanol–water partition coefficient (Wildman–Crippen LogP) is 6.40. The Morgan fingerprint density at radius 3 is 2.32 bits per heavy atom. The maximum absolute atomic E-state index is 4.11. The molecule has 0 radical (unpaired) electrons. The molecule has 0 aliphatic carbocycles. The van der Waals surface area contributed by atoms with Crippen LogP contribution in [0.3, 0.4) is 0 Å². The van der Waals surface area contributed by atoms with Gasteiger partial charge in [0.25, 0.3) is 0 Å². The monoisotopic (exact) mass is 371 g/mol. The quantitative estimate of drug-likeness (QED) is 0.295. The summed E-state index contributed by atoms with van der Waals surface area (Å²) in [4.78, 5) is 2.69. The summed E-state index contributed by atoms with van der Waals surface area (Å²) in [5.74, 6) is 7.18. The minimum Gasteiger partial charge on any atom is -0.299 e. The first-order valence-electron chi connectivity index (χ1n) is 10.7. The predicted molar refractivity (Wildman–Crippen MR) is 121 cm³/mol. The lowest BCUT2D eigenvalue weighted by molar-refractivity contribution is 0.0516. The van der Waals surface area contributed by atoms with Gasteiger partial charge in [-0.15, -0.1) is 6.58 Å². The molecule has 0 aromatic heterocycles. The molecule has 0 N–H and O–H groups in total. The smallest absolute Gasteiger partial charge is 0.0249 e. The van der Waals surface area contributed by atoms with Crippen molar-refractivity contribution in [2.45, 2.75) is 57.9 Å². The Kier molecular flexibility index (Phi) is 7.52. The van der Waals surface area contributed by atoms with E-state index in [1.165, 1.54) is 49.9 Å². The molecular weight excluding hydrogens is 338 g/mol. The molecule has 2 aromatic rings. The lowest BCUT2D eigenvalue weighted by atomic mass is 9.79. The first-order chi connectivity index (χ1) is 13.7. The molecule has 0 bridgehead atoms. The number of hydrogen-bond acceptors (Lipinski definition) is 1. The fourth-order valence-electron chi connectivity index (χ4n) is 4.03. The number of allylic oxidation sites excluding steroid dienone is 1. The van der Waals surface area contributed by atoms with E-state index >= 15 is 0 Å². The lowest BCUT2D eigenvalue weighted by Gasteiger charge is -2.49. The number of likely N-dealkylation sites (tertiary alicyclic amines) is 1. The van der Waals surface area contributed by atoms with Crippen LogP contribution in [-0.4, -0.2) is 24.0 Å². The Morgan fingerprint density at radius 1 is 1.00 bits per heavy atom. The summed E-state index contributed by atoms with van der Waals surface area (Å²) >= 11 is 0. The molecule has 0 saturated carbocycles. The maximum Gasteiger partial charge on any atom is 0.0249 e. The van der Waals surface area contributed by atoms with Crippen LogP contribution in [0.15, 0.2) is 66.7 Å². The summed E-state index contributed by atoms with van der Waals surface area (Å²) in [6.45, 7) is 11.0. The Bertz CT molecular complexity index is 807. The highest BCUT2D eigenvalue weighted by Gasteiger charge is 2.38. The van der Waals surface area contributed by atoms with Crippen LogP contribution in [0.5, 0.6) is 0 Å². The van der Waals surface area contributed by atoms with E-state index in [1.54, 1.807) is 0 Å². The molecule has 1 fully saturated rings. The van der Waals surface area contributed by atoms with Gasteiger partial charge in [-0.25, -0.2) is 0 Å². The molecule has 2 atom stereocenters. The normalized spacial score (nSPS) is 18.8. The van der Waals surface area contributed by atoms with Crippen LogP contribution in [0.1, 0.15) is 68.6 Å². The van der Waals surface area contributed by atoms with Gasteiger partial charge >= 0.3 is 0 Å². The Labute approximate surface area is 171 Å². The first kappa shape index (κ1) is 20.4. The zero-order chi connectivity index (χ0) is 19.8. The summed E-state index contributed by atoms with van der Waals surface area (Å²) < 4.78 is 0. The van der Waals surface area contributed by atoms with Crippen molar-refractivity contribution < 1.29 is 0 Å². The van der Waals surface area contributed by atoms with Gasteiger partial charge < -0.3 is 0 Å². The van der Waals surface area contributed by atoms with E-state index in [0.717, 1.165) is 17.5 Å². The van der Waals surface area contributed by atoms with Crippen LogP contribution in [0.2, 0.25) is 0 Å². The highest BCUT2D eigenvalue weighted by Crippen LogP contribution is 2.37. The van der Waals surface area contributed by atoms with E-state index in [1.807, 2.05) is 18.2 Å². The number of benzene rings is 2. The number of hydrogen-bond donors (Lipinski definition) is 0. The van der Waals surface area contributed by atoms with Gasteiger partial charge in [-0.3, -0.25) is 4.90 Å². The molecule has 1 aliphatic rings. The van der Waals surface area contributed by atoms with Crippen molar-refractivity contribution >= 4 is 0 Å². The van der Waals surface area contributed by atoms with Crippen LogP contribution in [0.4, 0.5) is 0 Å². The van der Waals surface area contributed by atoms with E-state index < -0.39 is 0 Å². The molecule has 28 heavy (non-hydrogen) atoms. The molecule has 1 heteroatoms. The summed E-state index contributed by atoms with van der Waals surface area (Å²) in [7, 11) is 0. The molecule has 0 spiro atoms. The van der Waals surface area contributed by atoms with Crippen molar-refractivity contribution in [3.05, 3.63) is 83.4 Å². The highest BCUT2D eigenvalue weighted by molar-refractivity contribution is 5.44. The number of unbranched alkanes of at least 4 members (excludes halogenated alkanes) is 2. The molecule has 1 nitrogen and oxygen atoms in total.